The summed E-state index contributed by atoms with van der Waals surface area (Å²) in [7, 11) is 0. The summed E-state index contributed by atoms with van der Waals surface area (Å²) in [4.78, 5) is 8.98. The van der Waals surface area contributed by atoms with Crippen molar-refractivity contribution in [2.24, 2.45) is 0 Å². The Morgan fingerprint density at radius 2 is 1.19 bits per heavy atom. The molecule has 7 rings (SSSR count). The summed E-state index contributed by atoms with van der Waals surface area (Å²) in [6, 6.07) is 39.7. The number of benzene rings is 5. The van der Waals surface area contributed by atoms with Gasteiger partial charge in [-0.3, -0.25) is 0 Å². The van der Waals surface area contributed by atoms with Gasteiger partial charge in [-0.1, -0.05) is 103 Å². The lowest BCUT2D eigenvalue weighted by molar-refractivity contribution is 0.667. The van der Waals surface area contributed by atoms with Gasteiger partial charge in [0, 0.05) is 10.9 Å². The minimum Gasteiger partial charge on any atom is -0.452 e. The van der Waals surface area contributed by atoms with Crippen molar-refractivity contribution in [2.45, 2.75) is 0 Å². The predicted molar refractivity (Wildman–Crippen MR) is 148 cm³/mol. The Balaban J connectivity index is 1.39. The molecule has 0 amide bonds. The van der Waals surface area contributed by atoms with Crippen LogP contribution in [0, 0.1) is 0 Å². The van der Waals surface area contributed by atoms with Crippen LogP contribution in [0.5, 0.6) is 0 Å². The Morgan fingerprint density at radius 1 is 0.556 bits per heavy atom. The molecular weight excluding hydrogens is 464 g/mol. The molecular formula is C32H19ClN2O. The third-order valence-electron chi connectivity index (χ3n) is 6.65. The maximum absolute atomic E-state index is 6.34. The van der Waals surface area contributed by atoms with Crippen molar-refractivity contribution < 1.29 is 4.42 Å². The van der Waals surface area contributed by atoms with E-state index >= 15 is 0 Å². The lowest BCUT2D eigenvalue weighted by Gasteiger charge is -2.13. The monoisotopic (exact) mass is 482 g/mol. The Labute approximate surface area is 212 Å². The number of rotatable bonds is 3. The van der Waals surface area contributed by atoms with Crippen LogP contribution in [-0.4, -0.2) is 9.97 Å². The minimum atomic E-state index is 0.203. The fourth-order valence-corrected chi connectivity index (χ4v) is 5.18. The van der Waals surface area contributed by atoms with Gasteiger partial charge in [-0.05, 0) is 56.8 Å². The van der Waals surface area contributed by atoms with Crippen LogP contribution in [0.25, 0.3) is 66.4 Å². The molecule has 36 heavy (non-hydrogen) atoms. The molecule has 0 atom stereocenters. The average Bonchev–Trinajstić information content (AvgIpc) is 3.31. The second-order valence-corrected chi connectivity index (χ2v) is 9.11. The number of hydrogen-bond acceptors (Lipinski definition) is 3. The minimum absolute atomic E-state index is 0.203. The van der Waals surface area contributed by atoms with E-state index in [1.807, 2.05) is 30.3 Å². The normalized spacial score (nSPS) is 11.5. The molecule has 4 heteroatoms. The first-order valence-electron chi connectivity index (χ1n) is 11.8. The first-order chi connectivity index (χ1) is 17.8. The summed E-state index contributed by atoms with van der Waals surface area (Å²) < 4.78 is 6.15. The van der Waals surface area contributed by atoms with Crippen LogP contribution >= 0.6 is 11.6 Å². The highest BCUT2D eigenvalue weighted by molar-refractivity contribution is 6.29. The molecule has 0 radical (unpaired) electrons. The topological polar surface area (TPSA) is 38.9 Å². The van der Waals surface area contributed by atoms with Crippen molar-refractivity contribution in [3.8, 4) is 33.5 Å². The van der Waals surface area contributed by atoms with Crippen LogP contribution < -0.4 is 0 Å². The van der Waals surface area contributed by atoms with Crippen LogP contribution in [-0.2, 0) is 0 Å². The molecule has 2 heterocycles. The molecule has 170 valence electrons. The van der Waals surface area contributed by atoms with Gasteiger partial charge in [0.15, 0.2) is 5.58 Å². The summed E-state index contributed by atoms with van der Waals surface area (Å²) in [6.45, 7) is 0. The van der Waals surface area contributed by atoms with Crippen molar-refractivity contribution in [1.82, 2.24) is 9.97 Å². The van der Waals surface area contributed by atoms with Gasteiger partial charge < -0.3 is 4.42 Å². The largest absolute Gasteiger partial charge is 0.452 e. The fraction of sp³-hybridized carbons (Fsp3) is 0. The quantitative estimate of drug-likeness (QED) is 0.235. The molecule has 7 aromatic rings. The van der Waals surface area contributed by atoms with E-state index in [-0.39, 0.29) is 5.28 Å². The fourth-order valence-electron chi connectivity index (χ4n) is 5.01. The summed E-state index contributed by atoms with van der Waals surface area (Å²) in [5.41, 5.74) is 8.50. The third kappa shape index (κ3) is 3.36. The standard InChI is InChI=1S/C32H19ClN2O/c33-32-34-29(31-30(35-32)26-12-4-5-15-27(26)36-31)23-18-16-21(17-19-23)25-14-7-11-22-10-6-13-24(28(22)25)20-8-2-1-3-9-20/h1-19H. The predicted octanol–water partition coefficient (Wildman–Crippen LogP) is 9.18. The van der Waals surface area contributed by atoms with Gasteiger partial charge in [-0.15, -0.1) is 0 Å². The average molecular weight is 483 g/mol. The summed E-state index contributed by atoms with van der Waals surface area (Å²) >= 11 is 6.34. The van der Waals surface area contributed by atoms with E-state index in [4.69, 9.17) is 16.0 Å². The molecule has 0 aliphatic rings. The van der Waals surface area contributed by atoms with Gasteiger partial charge in [0.2, 0.25) is 5.28 Å². The summed E-state index contributed by atoms with van der Waals surface area (Å²) in [5, 5.41) is 3.58. The zero-order chi connectivity index (χ0) is 24.1. The first-order valence-corrected chi connectivity index (χ1v) is 12.2. The first kappa shape index (κ1) is 20.9. The molecule has 5 aromatic carbocycles. The molecule has 0 unspecified atom stereocenters. The van der Waals surface area contributed by atoms with Crippen molar-refractivity contribution in [3.63, 3.8) is 0 Å². The van der Waals surface area contributed by atoms with Crippen LogP contribution in [0.2, 0.25) is 5.28 Å². The number of fused-ring (bicyclic) bond motifs is 4. The molecule has 0 spiro atoms. The second-order valence-electron chi connectivity index (χ2n) is 8.77. The lowest BCUT2D eigenvalue weighted by Crippen LogP contribution is -1.90. The van der Waals surface area contributed by atoms with Crippen molar-refractivity contribution >= 4 is 44.4 Å². The molecule has 0 N–H and O–H groups in total. The van der Waals surface area contributed by atoms with Gasteiger partial charge in [-0.2, -0.15) is 0 Å². The number of para-hydroxylation sites is 1. The molecule has 0 bridgehead atoms. The maximum Gasteiger partial charge on any atom is 0.223 e. The van der Waals surface area contributed by atoms with Crippen molar-refractivity contribution in [1.29, 1.82) is 0 Å². The molecule has 0 saturated carbocycles. The lowest BCUT2D eigenvalue weighted by atomic mass is 9.91. The van der Waals surface area contributed by atoms with Gasteiger partial charge in [0.1, 0.15) is 16.8 Å². The highest BCUT2D eigenvalue weighted by Crippen LogP contribution is 2.38. The SMILES string of the molecule is Clc1nc(-c2ccc(-c3cccc4cccc(-c5ccccc5)c34)cc2)c2oc3ccccc3c2n1. The molecule has 0 saturated heterocycles. The van der Waals surface area contributed by atoms with E-state index in [9.17, 15) is 0 Å². The molecule has 2 aromatic heterocycles. The molecule has 3 nitrogen and oxygen atoms in total. The second kappa shape index (κ2) is 8.33. The van der Waals surface area contributed by atoms with E-state index in [0.717, 1.165) is 27.6 Å². The zero-order valence-corrected chi connectivity index (χ0v) is 19.9. The van der Waals surface area contributed by atoms with Crippen LogP contribution in [0.4, 0.5) is 0 Å². The van der Waals surface area contributed by atoms with Crippen molar-refractivity contribution in [2.75, 3.05) is 0 Å². The third-order valence-corrected chi connectivity index (χ3v) is 6.82. The number of furan rings is 1. The van der Waals surface area contributed by atoms with Gasteiger partial charge >= 0.3 is 0 Å². The smallest absolute Gasteiger partial charge is 0.223 e. The van der Waals surface area contributed by atoms with Crippen LogP contribution in [0.1, 0.15) is 0 Å². The molecule has 0 aliphatic carbocycles. The summed E-state index contributed by atoms with van der Waals surface area (Å²) in [5.74, 6) is 0. The van der Waals surface area contributed by atoms with E-state index in [2.05, 4.69) is 94.9 Å². The highest BCUT2D eigenvalue weighted by atomic mass is 35.5. The highest BCUT2D eigenvalue weighted by Gasteiger charge is 2.17. The van der Waals surface area contributed by atoms with E-state index in [1.165, 1.54) is 27.5 Å². The Morgan fingerprint density at radius 3 is 1.94 bits per heavy atom. The van der Waals surface area contributed by atoms with Gasteiger partial charge in [0.05, 0.1) is 0 Å². The maximum atomic E-state index is 6.34. The summed E-state index contributed by atoms with van der Waals surface area (Å²) in [6.07, 6.45) is 0. The van der Waals surface area contributed by atoms with E-state index in [0.29, 0.717) is 11.3 Å². The molecule has 0 aliphatic heterocycles. The molecule has 0 fully saturated rings. The van der Waals surface area contributed by atoms with Crippen molar-refractivity contribution in [3.05, 3.63) is 121 Å². The Bertz CT molecular complexity index is 1880. The Hall–Kier alpha value is -4.47. The number of hydrogen-bond donors (Lipinski definition) is 0. The Kier molecular flexibility index (Phi) is 4.83. The van der Waals surface area contributed by atoms with Gasteiger partial charge in [0.25, 0.3) is 0 Å². The van der Waals surface area contributed by atoms with E-state index < -0.39 is 0 Å². The van der Waals surface area contributed by atoms with Crippen LogP contribution in [0.15, 0.2) is 120 Å². The number of halogens is 1. The van der Waals surface area contributed by atoms with Crippen LogP contribution in [0.3, 0.4) is 0 Å². The van der Waals surface area contributed by atoms with Gasteiger partial charge in [-0.25, -0.2) is 9.97 Å². The number of nitrogens with zero attached hydrogens (tertiary/aromatic N) is 2. The van der Waals surface area contributed by atoms with E-state index in [1.54, 1.807) is 0 Å². The number of aromatic nitrogens is 2. The zero-order valence-electron chi connectivity index (χ0n) is 19.2.